The Morgan fingerprint density at radius 2 is 2.00 bits per heavy atom. The molecule has 0 aliphatic heterocycles. The van der Waals surface area contributed by atoms with Gasteiger partial charge in [0.25, 0.3) is 0 Å². The summed E-state index contributed by atoms with van der Waals surface area (Å²) in [7, 11) is -3.40. The Kier molecular flexibility index (Phi) is 3.34. The number of hydrogen-bond acceptors (Lipinski definition) is 6. The summed E-state index contributed by atoms with van der Waals surface area (Å²) < 4.78 is 24.1. The van der Waals surface area contributed by atoms with Crippen LogP contribution in [0.15, 0.2) is 34.5 Å². The SMILES string of the molecule is Cc1sccc1-c1cccc(S(C)(=O)=O)c1-c1nn[nH]n1. The van der Waals surface area contributed by atoms with Gasteiger partial charge in [-0.05, 0) is 40.8 Å². The highest BCUT2D eigenvalue weighted by molar-refractivity contribution is 7.90. The van der Waals surface area contributed by atoms with Crippen molar-refractivity contribution >= 4 is 21.2 Å². The summed E-state index contributed by atoms with van der Waals surface area (Å²) in [6.07, 6.45) is 1.18. The van der Waals surface area contributed by atoms with Crippen LogP contribution in [0.3, 0.4) is 0 Å². The molecule has 0 aliphatic carbocycles. The minimum absolute atomic E-state index is 0.201. The van der Waals surface area contributed by atoms with E-state index in [-0.39, 0.29) is 10.7 Å². The third-order valence-electron chi connectivity index (χ3n) is 3.14. The number of benzene rings is 1. The van der Waals surface area contributed by atoms with Gasteiger partial charge in [-0.2, -0.15) is 5.21 Å². The van der Waals surface area contributed by atoms with Crippen molar-refractivity contribution in [1.82, 2.24) is 20.6 Å². The molecule has 108 valence electrons. The van der Waals surface area contributed by atoms with E-state index in [4.69, 9.17) is 0 Å². The molecule has 0 unspecified atom stereocenters. The average molecular weight is 320 g/mol. The monoisotopic (exact) mass is 320 g/mol. The topological polar surface area (TPSA) is 88.6 Å². The number of H-pyrrole nitrogens is 1. The van der Waals surface area contributed by atoms with E-state index in [1.807, 2.05) is 24.4 Å². The van der Waals surface area contributed by atoms with Crippen LogP contribution < -0.4 is 0 Å². The lowest BCUT2D eigenvalue weighted by Crippen LogP contribution is -2.02. The molecule has 2 aromatic heterocycles. The van der Waals surface area contributed by atoms with Crippen LogP contribution in [-0.2, 0) is 9.84 Å². The van der Waals surface area contributed by atoms with Crippen molar-refractivity contribution in [3.63, 3.8) is 0 Å². The number of tetrazole rings is 1. The van der Waals surface area contributed by atoms with Crippen molar-refractivity contribution < 1.29 is 8.42 Å². The van der Waals surface area contributed by atoms with Gasteiger partial charge in [0.05, 0.1) is 4.90 Å². The van der Waals surface area contributed by atoms with Crippen molar-refractivity contribution in [2.24, 2.45) is 0 Å². The molecule has 3 rings (SSSR count). The highest BCUT2D eigenvalue weighted by Crippen LogP contribution is 2.37. The van der Waals surface area contributed by atoms with E-state index in [9.17, 15) is 8.42 Å². The van der Waals surface area contributed by atoms with Gasteiger partial charge in [0, 0.05) is 16.7 Å². The Balaban J connectivity index is 2.39. The molecule has 0 atom stereocenters. The normalized spacial score (nSPS) is 11.7. The molecular weight excluding hydrogens is 308 g/mol. The second-order valence-electron chi connectivity index (χ2n) is 4.58. The van der Waals surface area contributed by atoms with Crippen LogP contribution >= 0.6 is 11.3 Å². The Morgan fingerprint density at radius 1 is 1.19 bits per heavy atom. The smallest absolute Gasteiger partial charge is 0.206 e. The summed E-state index contributed by atoms with van der Waals surface area (Å²) in [5.74, 6) is 0.275. The number of aromatic amines is 1. The molecule has 0 aliphatic rings. The van der Waals surface area contributed by atoms with Crippen LogP contribution in [0.1, 0.15) is 4.88 Å². The second-order valence-corrected chi connectivity index (χ2v) is 7.68. The first-order chi connectivity index (χ1) is 9.98. The van der Waals surface area contributed by atoms with E-state index in [0.717, 1.165) is 16.0 Å². The second kappa shape index (κ2) is 5.05. The molecule has 8 heteroatoms. The lowest BCUT2D eigenvalue weighted by atomic mass is 10.00. The number of aryl methyl sites for hydroxylation is 1. The van der Waals surface area contributed by atoms with Crippen LogP contribution in [0.5, 0.6) is 0 Å². The molecule has 0 fully saturated rings. The van der Waals surface area contributed by atoms with Crippen LogP contribution in [0.25, 0.3) is 22.5 Å². The van der Waals surface area contributed by atoms with Crippen LogP contribution in [0.4, 0.5) is 0 Å². The maximum atomic E-state index is 12.1. The summed E-state index contributed by atoms with van der Waals surface area (Å²) >= 11 is 1.60. The Morgan fingerprint density at radius 3 is 2.57 bits per heavy atom. The zero-order valence-corrected chi connectivity index (χ0v) is 13.0. The molecule has 0 saturated carbocycles. The molecule has 2 heterocycles. The predicted octanol–water partition coefficient (Wildman–Crippen LogP) is 2.31. The lowest BCUT2D eigenvalue weighted by Gasteiger charge is -2.11. The Hall–Kier alpha value is -2.06. The van der Waals surface area contributed by atoms with Crippen molar-refractivity contribution in [1.29, 1.82) is 0 Å². The maximum Gasteiger partial charge on any atom is 0.206 e. The number of sulfone groups is 1. The number of nitrogens with one attached hydrogen (secondary N) is 1. The number of rotatable bonds is 3. The highest BCUT2D eigenvalue weighted by atomic mass is 32.2. The summed E-state index contributed by atoms with van der Waals surface area (Å²) in [6, 6.07) is 7.12. The quantitative estimate of drug-likeness (QED) is 0.800. The van der Waals surface area contributed by atoms with Crippen molar-refractivity contribution in [2.45, 2.75) is 11.8 Å². The van der Waals surface area contributed by atoms with E-state index in [2.05, 4.69) is 20.6 Å². The minimum Gasteiger partial charge on any atom is -0.224 e. The third kappa shape index (κ3) is 2.47. The van der Waals surface area contributed by atoms with E-state index in [1.54, 1.807) is 23.5 Å². The molecule has 1 aromatic carbocycles. The molecule has 0 saturated heterocycles. The van der Waals surface area contributed by atoms with Gasteiger partial charge >= 0.3 is 0 Å². The van der Waals surface area contributed by atoms with E-state index < -0.39 is 9.84 Å². The molecule has 0 bridgehead atoms. The minimum atomic E-state index is -3.40. The fourth-order valence-corrected chi connectivity index (χ4v) is 3.84. The molecule has 21 heavy (non-hydrogen) atoms. The first-order valence-corrected chi connectivity index (χ1v) is 8.87. The van der Waals surface area contributed by atoms with Crippen molar-refractivity contribution in [3.8, 4) is 22.5 Å². The van der Waals surface area contributed by atoms with Gasteiger partial charge in [-0.15, -0.1) is 21.5 Å². The maximum absolute atomic E-state index is 12.1. The average Bonchev–Trinajstić information content (AvgIpc) is 3.07. The van der Waals surface area contributed by atoms with Crippen molar-refractivity contribution in [3.05, 3.63) is 34.5 Å². The molecule has 1 N–H and O–H groups in total. The molecule has 0 radical (unpaired) electrons. The summed E-state index contributed by atoms with van der Waals surface area (Å²) in [6.45, 7) is 1.99. The summed E-state index contributed by atoms with van der Waals surface area (Å²) in [4.78, 5) is 1.30. The fraction of sp³-hybridized carbons (Fsp3) is 0.154. The van der Waals surface area contributed by atoms with Gasteiger partial charge in [0.15, 0.2) is 9.84 Å². The molecular formula is C13H12N4O2S2. The zero-order chi connectivity index (χ0) is 15.0. The van der Waals surface area contributed by atoms with Gasteiger partial charge in [0.2, 0.25) is 5.82 Å². The van der Waals surface area contributed by atoms with Gasteiger partial charge < -0.3 is 0 Å². The zero-order valence-electron chi connectivity index (χ0n) is 11.4. The third-order valence-corrected chi connectivity index (χ3v) is 5.13. The predicted molar refractivity (Wildman–Crippen MR) is 80.8 cm³/mol. The Labute approximate surface area is 125 Å². The van der Waals surface area contributed by atoms with Crippen LogP contribution in [0.2, 0.25) is 0 Å². The number of aromatic nitrogens is 4. The summed E-state index contributed by atoms with van der Waals surface area (Å²) in [5.41, 5.74) is 2.25. The molecule has 6 nitrogen and oxygen atoms in total. The molecule has 0 spiro atoms. The Bertz CT molecular complexity index is 883. The van der Waals surface area contributed by atoms with E-state index in [0.29, 0.717) is 5.56 Å². The van der Waals surface area contributed by atoms with Gasteiger partial charge in [-0.1, -0.05) is 12.1 Å². The van der Waals surface area contributed by atoms with Gasteiger partial charge in [0.1, 0.15) is 0 Å². The van der Waals surface area contributed by atoms with Gasteiger partial charge in [-0.25, -0.2) is 8.42 Å². The lowest BCUT2D eigenvalue weighted by molar-refractivity contribution is 0.602. The van der Waals surface area contributed by atoms with E-state index in [1.165, 1.54) is 6.26 Å². The molecule has 3 aromatic rings. The first-order valence-electron chi connectivity index (χ1n) is 6.10. The summed E-state index contributed by atoms with van der Waals surface area (Å²) in [5, 5.41) is 15.8. The highest BCUT2D eigenvalue weighted by Gasteiger charge is 2.22. The first kappa shape index (κ1) is 13.9. The number of nitrogens with zero attached hydrogens (tertiary/aromatic N) is 3. The number of hydrogen-bond donors (Lipinski definition) is 1. The van der Waals surface area contributed by atoms with E-state index >= 15 is 0 Å². The van der Waals surface area contributed by atoms with Gasteiger partial charge in [-0.3, -0.25) is 0 Å². The largest absolute Gasteiger partial charge is 0.224 e. The number of thiophene rings is 1. The standard InChI is InChI=1S/C13H12N4O2S2/c1-8-9(6-7-20-8)10-4-3-5-11(21(2,18)19)12(10)13-14-16-17-15-13/h3-7H,1-2H3,(H,14,15,16,17). The fourth-order valence-electron chi connectivity index (χ4n) is 2.23. The van der Waals surface area contributed by atoms with Crippen LogP contribution in [-0.4, -0.2) is 35.3 Å². The molecule has 0 amide bonds. The van der Waals surface area contributed by atoms with Crippen molar-refractivity contribution in [2.75, 3.05) is 6.26 Å². The van der Waals surface area contributed by atoms with Crippen LogP contribution in [0, 0.1) is 6.92 Å².